The zero-order chi connectivity index (χ0) is 57.2. The molecule has 0 spiro atoms. The smallest absolute Gasteiger partial charge is 1.00 e. The summed E-state index contributed by atoms with van der Waals surface area (Å²) in [6.07, 6.45) is 6.90. The SMILES string of the molecule is CCCCc1ccc2ccc3ccc(CCCC)nc3c2n1.Cc1ccc2ccc3ccc(C)nc3c2n1.FB(F)F.FB(F)F.[CH2-]c1cccc2c1Oc1c([CH2-])cccc1C2(C)C.[CH2-]c1ccccc1Oc1ccccc1[CH2-].[Cu+2].[Cu+2].[F-].[F-]. The van der Waals surface area contributed by atoms with Gasteiger partial charge in [0.15, 0.2) is 0 Å². The molecule has 1 aliphatic heterocycles. The fraction of sp³-hybridized carbons (Fsp3) is 0.200. The molecule has 2 radical (unpaired) electrons. The monoisotopic (exact) mass is 1230 g/mol. The van der Waals surface area contributed by atoms with E-state index in [0.717, 1.165) is 102 Å². The Labute approximate surface area is 504 Å². The number of halogens is 8. The van der Waals surface area contributed by atoms with Gasteiger partial charge in [-0.25, -0.2) is 0 Å². The Morgan fingerprint density at radius 1 is 0.434 bits per heavy atom. The van der Waals surface area contributed by atoms with Crippen molar-refractivity contribution >= 4 is 58.7 Å². The van der Waals surface area contributed by atoms with Crippen molar-refractivity contribution in [2.24, 2.45) is 0 Å². The van der Waals surface area contributed by atoms with E-state index in [9.17, 15) is 25.9 Å². The number of aryl methyl sites for hydroxylation is 4. The maximum Gasteiger partial charge on any atom is 2.00 e. The molecule has 11 rings (SSSR count). The normalized spacial score (nSPS) is 10.9. The molecule has 0 aliphatic carbocycles. The molecule has 0 amide bonds. The predicted molar refractivity (Wildman–Crippen MR) is 315 cm³/mol. The summed E-state index contributed by atoms with van der Waals surface area (Å²) in [5.41, 5.74) is 14.4. The number of para-hydroxylation sites is 4. The second-order valence-corrected chi connectivity index (χ2v) is 19.3. The van der Waals surface area contributed by atoms with Crippen LogP contribution in [-0.4, -0.2) is 35.0 Å². The topological polar surface area (TPSA) is 70.0 Å². The summed E-state index contributed by atoms with van der Waals surface area (Å²) >= 11 is 0. The van der Waals surface area contributed by atoms with Crippen LogP contribution in [0, 0.1) is 41.5 Å². The number of fused-ring (bicyclic) bond motifs is 8. The van der Waals surface area contributed by atoms with Gasteiger partial charge in [-0.2, -0.15) is 74.2 Å². The molecule has 83 heavy (non-hydrogen) atoms. The quantitative estimate of drug-likeness (QED) is 0.0653. The molecule has 442 valence electrons. The van der Waals surface area contributed by atoms with Crippen LogP contribution in [0.3, 0.4) is 0 Å². The van der Waals surface area contributed by atoms with Crippen LogP contribution in [0.15, 0.2) is 158 Å². The molecule has 5 heterocycles. The van der Waals surface area contributed by atoms with Gasteiger partial charge in [0, 0.05) is 67.3 Å². The molecular weight excluding hydrogens is 1170 g/mol. The van der Waals surface area contributed by atoms with E-state index in [-0.39, 0.29) is 49.0 Å². The second kappa shape index (κ2) is 34.3. The third-order valence-corrected chi connectivity index (χ3v) is 12.9. The Balaban J connectivity index is 0.000000359. The Morgan fingerprint density at radius 2 is 0.735 bits per heavy atom. The first-order valence-corrected chi connectivity index (χ1v) is 26.1. The van der Waals surface area contributed by atoms with E-state index in [2.05, 4.69) is 138 Å². The van der Waals surface area contributed by atoms with Gasteiger partial charge >= 0.3 is 49.2 Å². The van der Waals surface area contributed by atoms with Crippen LogP contribution in [0.4, 0.5) is 25.9 Å². The molecule has 6 nitrogen and oxygen atoms in total. The van der Waals surface area contributed by atoms with E-state index in [4.69, 9.17) is 19.4 Å². The Hall–Kier alpha value is -7.35. The molecule has 6 aromatic carbocycles. The fourth-order valence-corrected chi connectivity index (χ4v) is 8.77. The number of ether oxygens (including phenoxy) is 2. The maximum absolute atomic E-state index is 9.67. The molecule has 0 saturated heterocycles. The van der Waals surface area contributed by atoms with Crippen molar-refractivity contribution in [1.29, 1.82) is 0 Å². The maximum atomic E-state index is 9.67. The summed E-state index contributed by atoms with van der Waals surface area (Å²) in [5.74, 6) is 3.31. The third kappa shape index (κ3) is 19.9. The van der Waals surface area contributed by atoms with Gasteiger partial charge in [0.2, 0.25) is 0 Å². The van der Waals surface area contributed by atoms with Crippen molar-refractivity contribution in [3.63, 3.8) is 0 Å². The van der Waals surface area contributed by atoms with Crippen molar-refractivity contribution in [3.8, 4) is 23.0 Å². The molecule has 0 fully saturated rings. The number of hydrogen-bond acceptors (Lipinski definition) is 6. The van der Waals surface area contributed by atoms with Gasteiger partial charge in [-0.1, -0.05) is 137 Å². The molecule has 0 atom stereocenters. The van der Waals surface area contributed by atoms with Crippen molar-refractivity contribution in [2.45, 2.75) is 85.5 Å². The Morgan fingerprint density at radius 3 is 1.07 bits per heavy atom. The predicted octanol–water partition coefficient (Wildman–Crippen LogP) is 13.0. The average Bonchev–Trinajstić information content (AvgIpc) is 3.63. The summed E-state index contributed by atoms with van der Waals surface area (Å²) in [5, 5.41) is 4.67. The molecule has 4 aromatic heterocycles. The number of unbranched alkanes of at least 4 members (excludes halogenated alkanes) is 2. The van der Waals surface area contributed by atoms with Crippen molar-refractivity contribution in [2.75, 3.05) is 0 Å². The molecule has 0 saturated carbocycles. The summed E-state index contributed by atoms with van der Waals surface area (Å²) in [6.45, 7) is 28.8. The molecule has 0 unspecified atom stereocenters. The van der Waals surface area contributed by atoms with E-state index in [1.54, 1.807) is 0 Å². The molecule has 1 aliphatic rings. The third-order valence-electron chi connectivity index (χ3n) is 12.9. The van der Waals surface area contributed by atoms with E-state index in [1.807, 2.05) is 98.8 Å². The van der Waals surface area contributed by atoms with Crippen molar-refractivity contribution in [1.82, 2.24) is 19.9 Å². The van der Waals surface area contributed by atoms with E-state index >= 15 is 0 Å². The zero-order valence-electron chi connectivity index (χ0n) is 47.0. The first kappa shape index (κ1) is 71.8. The van der Waals surface area contributed by atoms with Crippen LogP contribution >= 0.6 is 0 Å². The standard InChI is InChI=1S/C20H24N2.C17H16O.C14H12N2.C14H12O.2BF3.2Cu.2FH/c1-3-5-7-17-13-11-15-9-10-16-12-14-18(8-6-4-2)22-20(16)19(15)21-17;1-11-7-5-9-13-15(11)18-16-12(2)8-6-10-14(16)17(13,3)4;1-9-3-5-11-7-8-12-6-4-10(2)16-14(12)13(11)15-9;1-11-7-3-5-9-13(11)15-14-10-6-4-8-12(14)2;2*2-1(3)4;;;;/h9-14H,3-8H2,1-2H3;5-10H,1-2H2,3-4H3;3-8H,1-2H3;3-10H,1-2H2;;;;;2*1H/q;-2;;-2;;;2*+2;;/p-2. The fourth-order valence-electron chi connectivity index (χ4n) is 8.77. The summed E-state index contributed by atoms with van der Waals surface area (Å²) in [6, 6.07) is 53.1. The minimum Gasteiger partial charge on any atom is -1.00 e. The first-order valence-electron chi connectivity index (χ1n) is 26.1. The number of aromatic nitrogens is 4. The van der Waals surface area contributed by atoms with Crippen LogP contribution in [0.25, 0.3) is 43.6 Å². The van der Waals surface area contributed by atoms with Gasteiger partial charge < -0.3 is 18.9 Å². The molecular formula is C65H64B2Cu2F8N4O2-2. The second-order valence-electron chi connectivity index (χ2n) is 19.3. The van der Waals surface area contributed by atoms with Crippen LogP contribution in [0.1, 0.15) is 110 Å². The van der Waals surface area contributed by atoms with Crippen molar-refractivity contribution in [3.05, 3.63) is 242 Å². The van der Waals surface area contributed by atoms with Gasteiger partial charge in [0.05, 0.1) is 22.1 Å². The van der Waals surface area contributed by atoms with Crippen LogP contribution in [0.2, 0.25) is 0 Å². The van der Waals surface area contributed by atoms with Gasteiger partial charge in [0.1, 0.15) is 0 Å². The largest absolute Gasteiger partial charge is 2.00 e. The van der Waals surface area contributed by atoms with Gasteiger partial charge in [-0.3, -0.25) is 45.8 Å². The summed E-state index contributed by atoms with van der Waals surface area (Å²) in [7, 11) is -7.33. The minimum absolute atomic E-state index is 0. The summed E-state index contributed by atoms with van der Waals surface area (Å²) < 4.78 is 69.8. The number of nitrogens with zero attached hydrogens (tertiary/aromatic N) is 4. The average molecular weight is 1230 g/mol. The summed E-state index contributed by atoms with van der Waals surface area (Å²) in [4.78, 5) is 19.0. The minimum atomic E-state index is -3.67. The van der Waals surface area contributed by atoms with Gasteiger partial charge in [-0.05, 0) is 69.2 Å². The molecule has 0 bridgehead atoms. The van der Waals surface area contributed by atoms with E-state index < -0.39 is 15.1 Å². The molecule has 0 N–H and O–H groups in total. The van der Waals surface area contributed by atoms with Gasteiger partial charge in [-0.15, -0.1) is 24.3 Å². The first-order chi connectivity index (χ1) is 37.8. The Kier molecular flexibility index (Phi) is 29.7. The Bertz CT molecular complexity index is 3400. The van der Waals surface area contributed by atoms with E-state index in [1.165, 1.54) is 59.0 Å². The zero-order valence-corrected chi connectivity index (χ0v) is 48.9. The number of pyridine rings is 4. The van der Waals surface area contributed by atoms with Crippen LogP contribution < -0.4 is 18.9 Å². The van der Waals surface area contributed by atoms with Crippen LogP contribution in [-0.2, 0) is 52.4 Å². The number of benzene rings is 6. The van der Waals surface area contributed by atoms with Gasteiger partial charge in [0.25, 0.3) is 0 Å². The number of rotatable bonds is 8. The molecule has 10 aromatic rings. The number of hydrogen-bond donors (Lipinski definition) is 0. The molecule has 18 heteroatoms. The van der Waals surface area contributed by atoms with Crippen molar-refractivity contribution < 1.29 is 78.9 Å². The van der Waals surface area contributed by atoms with Crippen LogP contribution in [0.5, 0.6) is 23.0 Å². The van der Waals surface area contributed by atoms with E-state index in [0.29, 0.717) is 0 Å².